The van der Waals surface area contributed by atoms with Crippen molar-refractivity contribution in [3.8, 4) is 0 Å². The van der Waals surface area contributed by atoms with Gasteiger partial charge in [-0.2, -0.15) is 0 Å². The first-order chi connectivity index (χ1) is 7.77. The van der Waals surface area contributed by atoms with E-state index < -0.39 is 0 Å². The van der Waals surface area contributed by atoms with E-state index in [0.29, 0.717) is 0 Å². The van der Waals surface area contributed by atoms with Gasteiger partial charge in [0.25, 0.3) is 0 Å². The highest BCUT2D eigenvalue weighted by Crippen LogP contribution is 2.15. The Morgan fingerprint density at radius 3 is 2.44 bits per heavy atom. The molecule has 0 aromatic rings. The van der Waals surface area contributed by atoms with Gasteiger partial charge in [-0.3, -0.25) is 4.90 Å². The van der Waals surface area contributed by atoms with Crippen LogP contribution in [-0.2, 0) is 0 Å². The second-order valence-electron chi connectivity index (χ2n) is 5.26. The van der Waals surface area contributed by atoms with Crippen molar-refractivity contribution < 1.29 is 0 Å². The lowest BCUT2D eigenvalue weighted by Gasteiger charge is -2.23. The number of likely N-dealkylation sites (tertiary alicyclic amines) is 1. The molecule has 1 saturated heterocycles. The van der Waals surface area contributed by atoms with E-state index in [9.17, 15) is 0 Å². The van der Waals surface area contributed by atoms with Crippen molar-refractivity contribution in [3.63, 3.8) is 0 Å². The molecular formula is C14H30N2. The second-order valence-corrected chi connectivity index (χ2v) is 5.26. The first kappa shape index (κ1) is 14.0. The topological polar surface area (TPSA) is 15.3 Å². The highest BCUT2D eigenvalue weighted by atomic mass is 15.2. The molecule has 2 heteroatoms. The molecule has 1 N–H and O–H groups in total. The van der Waals surface area contributed by atoms with Crippen LogP contribution < -0.4 is 5.32 Å². The van der Waals surface area contributed by atoms with Crippen LogP contribution in [-0.4, -0.2) is 36.6 Å². The minimum absolute atomic E-state index is 0.757. The predicted octanol–water partition coefficient (Wildman–Crippen LogP) is 3.03. The zero-order chi connectivity index (χ0) is 11.8. The maximum absolute atomic E-state index is 3.73. The first-order valence-electron chi connectivity index (χ1n) is 7.25. The largest absolute Gasteiger partial charge is 0.313 e. The van der Waals surface area contributed by atoms with Crippen molar-refractivity contribution in [3.05, 3.63) is 0 Å². The van der Waals surface area contributed by atoms with E-state index in [1.807, 2.05) is 0 Å². The van der Waals surface area contributed by atoms with Gasteiger partial charge in [-0.1, -0.05) is 26.7 Å². The molecule has 0 aromatic heterocycles. The van der Waals surface area contributed by atoms with Crippen molar-refractivity contribution in [2.75, 3.05) is 19.6 Å². The summed E-state index contributed by atoms with van der Waals surface area (Å²) in [5.74, 6) is 0. The van der Waals surface area contributed by atoms with Crippen LogP contribution in [0, 0.1) is 0 Å². The van der Waals surface area contributed by atoms with Gasteiger partial charge in [-0.05, 0) is 39.2 Å². The monoisotopic (exact) mass is 226 g/mol. The normalized spacial score (nSPS) is 22.1. The van der Waals surface area contributed by atoms with E-state index in [1.54, 1.807) is 0 Å². The zero-order valence-corrected chi connectivity index (χ0v) is 11.5. The molecule has 0 bridgehead atoms. The molecule has 0 amide bonds. The van der Waals surface area contributed by atoms with Crippen molar-refractivity contribution in [2.24, 2.45) is 0 Å². The Balaban J connectivity index is 2.11. The van der Waals surface area contributed by atoms with Gasteiger partial charge in [-0.15, -0.1) is 0 Å². The lowest BCUT2D eigenvalue weighted by molar-refractivity contribution is 0.261. The Hall–Kier alpha value is -0.0800. The summed E-state index contributed by atoms with van der Waals surface area (Å²) in [5, 5.41) is 3.73. The van der Waals surface area contributed by atoms with Crippen LogP contribution in [0.5, 0.6) is 0 Å². The van der Waals surface area contributed by atoms with E-state index >= 15 is 0 Å². The van der Waals surface area contributed by atoms with Crippen molar-refractivity contribution in [2.45, 2.75) is 71.4 Å². The molecule has 1 atom stereocenters. The average Bonchev–Trinajstić information content (AvgIpc) is 2.65. The van der Waals surface area contributed by atoms with Crippen LogP contribution in [0.1, 0.15) is 59.3 Å². The maximum Gasteiger partial charge on any atom is 0.0110 e. The Labute approximate surface area is 102 Å². The summed E-state index contributed by atoms with van der Waals surface area (Å²) in [6.45, 7) is 10.7. The molecule has 1 heterocycles. The summed E-state index contributed by atoms with van der Waals surface area (Å²) >= 11 is 0. The van der Waals surface area contributed by atoms with Gasteiger partial charge in [0, 0.05) is 25.2 Å². The van der Waals surface area contributed by atoms with Gasteiger partial charge in [0.1, 0.15) is 0 Å². The van der Waals surface area contributed by atoms with Crippen LogP contribution in [0.3, 0.4) is 0 Å². The van der Waals surface area contributed by atoms with Gasteiger partial charge in [-0.25, -0.2) is 0 Å². The van der Waals surface area contributed by atoms with Gasteiger partial charge >= 0.3 is 0 Å². The number of hydrogen-bond donors (Lipinski definition) is 1. The fourth-order valence-corrected chi connectivity index (χ4v) is 2.78. The van der Waals surface area contributed by atoms with Gasteiger partial charge in [0.2, 0.25) is 0 Å². The summed E-state index contributed by atoms with van der Waals surface area (Å²) in [4.78, 5) is 2.63. The van der Waals surface area contributed by atoms with Crippen LogP contribution in [0.15, 0.2) is 0 Å². The van der Waals surface area contributed by atoms with E-state index in [2.05, 4.69) is 31.0 Å². The third-order valence-corrected chi connectivity index (χ3v) is 3.80. The zero-order valence-electron chi connectivity index (χ0n) is 11.5. The van der Waals surface area contributed by atoms with E-state index in [0.717, 1.165) is 12.1 Å². The molecule has 2 nitrogen and oxygen atoms in total. The SMILES string of the molecule is CCCC(CCC)NCCN1CCCC1C. The smallest absolute Gasteiger partial charge is 0.0110 e. The van der Waals surface area contributed by atoms with E-state index in [-0.39, 0.29) is 0 Å². The Morgan fingerprint density at radius 1 is 1.25 bits per heavy atom. The molecule has 1 unspecified atom stereocenters. The minimum atomic E-state index is 0.757. The molecule has 1 aliphatic heterocycles. The molecule has 0 aromatic carbocycles. The highest BCUT2D eigenvalue weighted by molar-refractivity contribution is 4.76. The molecule has 16 heavy (non-hydrogen) atoms. The van der Waals surface area contributed by atoms with E-state index in [1.165, 1.54) is 58.2 Å². The van der Waals surface area contributed by atoms with Crippen LogP contribution in [0.25, 0.3) is 0 Å². The van der Waals surface area contributed by atoms with Crippen LogP contribution in [0.2, 0.25) is 0 Å². The van der Waals surface area contributed by atoms with Crippen molar-refractivity contribution >= 4 is 0 Å². The third kappa shape index (κ3) is 4.84. The van der Waals surface area contributed by atoms with E-state index in [4.69, 9.17) is 0 Å². The molecule has 0 spiro atoms. The Bertz CT molecular complexity index is 164. The van der Waals surface area contributed by atoms with Gasteiger partial charge in [0.05, 0.1) is 0 Å². The minimum Gasteiger partial charge on any atom is -0.313 e. The number of rotatable bonds is 8. The lowest BCUT2D eigenvalue weighted by atomic mass is 10.1. The first-order valence-corrected chi connectivity index (χ1v) is 7.25. The molecule has 1 fully saturated rings. The molecule has 0 radical (unpaired) electrons. The fourth-order valence-electron chi connectivity index (χ4n) is 2.78. The Kier molecular flexibility index (Phi) is 7.06. The average molecular weight is 226 g/mol. The fraction of sp³-hybridized carbons (Fsp3) is 1.00. The summed E-state index contributed by atoms with van der Waals surface area (Å²) in [6, 6.07) is 1.57. The third-order valence-electron chi connectivity index (χ3n) is 3.80. The lowest BCUT2D eigenvalue weighted by Crippen LogP contribution is -2.38. The van der Waals surface area contributed by atoms with Crippen LogP contribution >= 0.6 is 0 Å². The maximum atomic E-state index is 3.73. The summed E-state index contributed by atoms with van der Waals surface area (Å²) in [6.07, 6.45) is 8.07. The second kappa shape index (κ2) is 8.08. The van der Waals surface area contributed by atoms with Crippen molar-refractivity contribution in [1.29, 1.82) is 0 Å². The molecule has 1 rings (SSSR count). The Morgan fingerprint density at radius 2 is 1.94 bits per heavy atom. The summed E-state index contributed by atoms with van der Waals surface area (Å²) in [7, 11) is 0. The van der Waals surface area contributed by atoms with Gasteiger partial charge < -0.3 is 5.32 Å². The molecule has 0 saturated carbocycles. The number of nitrogens with zero attached hydrogens (tertiary/aromatic N) is 1. The molecule has 96 valence electrons. The summed E-state index contributed by atoms with van der Waals surface area (Å²) < 4.78 is 0. The molecule has 0 aliphatic carbocycles. The quantitative estimate of drug-likeness (QED) is 0.684. The summed E-state index contributed by atoms with van der Waals surface area (Å²) in [5.41, 5.74) is 0. The molecular weight excluding hydrogens is 196 g/mol. The highest BCUT2D eigenvalue weighted by Gasteiger charge is 2.19. The van der Waals surface area contributed by atoms with Gasteiger partial charge in [0.15, 0.2) is 0 Å². The number of nitrogens with one attached hydrogen (secondary N) is 1. The van der Waals surface area contributed by atoms with Crippen molar-refractivity contribution in [1.82, 2.24) is 10.2 Å². The van der Waals surface area contributed by atoms with Crippen LogP contribution in [0.4, 0.5) is 0 Å². The standard InChI is InChI=1S/C14H30N2/c1-4-7-14(8-5-2)15-10-12-16-11-6-9-13(16)3/h13-15H,4-12H2,1-3H3. The number of hydrogen-bond acceptors (Lipinski definition) is 2. The molecule has 1 aliphatic rings. The predicted molar refractivity (Wildman–Crippen MR) is 71.9 cm³/mol.